The SMILES string of the molecule is CC1(C)C(=O)Nc2nc(-c3nn(Cc4ccccc4F)c4ncccc34)nc(C(=O)Cc3ccncc3)c21. The van der Waals surface area contributed by atoms with Gasteiger partial charge in [0.1, 0.15) is 23.0 Å². The zero-order valence-electron chi connectivity index (χ0n) is 20.6. The van der Waals surface area contributed by atoms with Crippen LogP contribution >= 0.6 is 0 Å². The topological polar surface area (TPSA) is 116 Å². The molecule has 9 nitrogen and oxygen atoms in total. The number of halogens is 1. The van der Waals surface area contributed by atoms with Crippen molar-refractivity contribution >= 4 is 28.5 Å². The van der Waals surface area contributed by atoms with Crippen LogP contribution in [0.15, 0.2) is 67.1 Å². The van der Waals surface area contributed by atoms with Gasteiger partial charge in [0.15, 0.2) is 17.3 Å². The Morgan fingerprint density at radius 1 is 1.03 bits per heavy atom. The number of rotatable bonds is 6. The normalized spacial score (nSPS) is 13.9. The molecule has 1 amide bonds. The summed E-state index contributed by atoms with van der Waals surface area (Å²) in [5.74, 6) is -0.423. The summed E-state index contributed by atoms with van der Waals surface area (Å²) >= 11 is 0. The van der Waals surface area contributed by atoms with Crippen molar-refractivity contribution in [3.05, 3.63) is 95.3 Å². The third-order valence-electron chi connectivity index (χ3n) is 6.71. The lowest BCUT2D eigenvalue weighted by Gasteiger charge is -2.17. The summed E-state index contributed by atoms with van der Waals surface area (Å²) in [6, 6.07) is 13.6. The molecule has 1 aliphatic heterocycles. The Balaban J connectivity index is 1.51. The van der Waals surface area contributed by atoms with Crippen LogP contribution in [0, 0.1) is 5.82 Å². The smallest absolute Gasteiger partial charge is 0.235 e. The fourth-order valence-electron chi connectivity index (χ4n) is 4.67. The molecular formula is C28H22FN7O2. The first-order chi connectivity index (χ1) is 18.3. The van der Waals surface area contributed by atoms with Gasteiger partial charge in [-0.3, -0.25) is 14.6 Å². The molecule has 5 heterocycles. The fourth-order valence-corrected chi connectivity index (χ4v) is 4.67. The molecular weight excluding hydrogens is 485 g/mol. The Hall–Kier alpha value is -4.86. The number of Topliss-reactive ketones (excluding diaryl/α,β-unsaturated/α-hetero) is 1. The van der Waals surface area contributed by atoms with E-state index in [1.54, 1.807) is 73.5 Å². The molecule has 0 spiro atoms. The number of aromatic nitrogens is 6. The molecule has 0 unspecified atom stereocenters. The highest BCUT2D eigenvalue weighted by Gasteiger charge is 2.44. The monoisotopic (exact) mass is 507 g/mol. The molecule has 10 heteroatoms. The molecule has 0 radical (unpaired) electrons. The molecule has 1 N–H and O–H groups in total. The summed E-state index contributed by atoms with van der Waals surface area (Å²) in [7, 11) is 0. The maximum Gasteiger partial charge on any atom is 0.235 e. The third-order valence-corrected chi connectivity index (χ3v) is 6.71. The summed E-state index contributed by atoms with van der Waals surface area (Å²) in [4.78, 5) is 44.2. The van der Waals surface area contributed by atoms with Gasteiger partial charge in [-0.1, -0.05) is 18.2 Å². The van der Waals surface area contributed by atoms with E-state index in [1.807, 2.05) is 6.07 Å². The highest BCUT2D eigenvalue weighted by Crippen LogP contribution is 2.40. The van der Waals surface area contributed by atoms with Crippen molar-refractivity contribution in [3.63, 3.8) is 0 Å². The van der Waals surface area contributed by atoms with Gasteiger partial charge >= 0.3 is 0 Å². The first kappa shape index (κ1) is 23.5. The Bertz CT molecular complexity index is 1730. The molecule has 0 saturated carbocycles. The number of nitrogens with one attached hydrogen (secondary N) is 1. The lowest BCUT2D eigenvalue weighted by atomic mass is 9.84. The number of hydrogen-bond acceptors (Lipinski definition) is 7. The van der Waals surface area contributed by atoms with Crippen molar-refractivity contribution in [1.82, 2.24) is 29.7 Å². The Morgan fingerprint density at radius 2 is 1.82 bits per heavy atom. The van der Waals surface area contributed by atoms with Gasteiger partial charge < -0.3 is 5.32 Å². The minimum atomic E-state index is -0.995. The van der Waals surface area contributed by atoms with Gasteiger partial charge in [-0.15, -0.1) is 0 Å². The minimum Gasteiger partial charge on any atom is -0.310 e. The van der Waals surface area contributed by atoms with E-state index in [4.69, 9.17) is 5.10 Å². The van der Waals surface area contributed by atoms with E-state index in [1.165, 1.54) is 6.07 Å². The summed E-state index contributed by atoms with van der Waals surface area (Å²) in [5.41, 5.74) is 1.74. The Morgan fingerprint density at radius 3 is 2.61 bits per heavy atom. The van der Waals surface area contributed by atoms with Gasteiger partial charge in [-0.2, -0.15) is 5.10 Å². The lowest BCUT2D eigenvalue weighted by molar-refractivity contribution is -0.119. The van der Waals surface area contributed by atoms with Gasteiger partial charge in [0.25, 0.3) is 0 Å². The number of hydrogen-bond donors (Lipinski definition) is 1. The number of carbonyl (C=O) groups is 2. The van der Waals surface area contributed by atoms with Crippen molar-refractivity contribution in [2.24, 2.45) is 0 Å². The molecule has 38 heavy (non-hydrogen) atoms. The highest BCUT2D eigenvalue weighted by molar-refractivity contribution is 6.10. The maximum atomic E-state index is 14.4. The second-order valence-corrected chi connectivity index (χ2v) is 9.63. The van der Waals surface area contributed by atoms with E-state index in [-0.39, 0.29) is 47.8 Å². The molecule has 0 saturated heterocycles. The molecule has 1 aromatic carbocycles. The van der Waals surface area contributed by atoms with Gasteiger partial charge in [0.05, 0.1) is 17.3 Å². The van der Waals surface area contributed by atoms with E-state index >= 15 is 0 Å². The molecule has 0 atom stereocenters. The number of pyridine rings is 2. The van der Waals surface area contributed by atoms with Crippen LogP contribution in [0.3, 0.4) is 0 Å². The molecule has 0 bridgehead atoms. The zero-order chi connectivity index (χ0) is 26.4. The first-order valence-corrected chi connectivity index (χ1v) is 12.0. The molecule has 0 fully saturated rings. The highest BCUT2D eigenvalue weighted by atomic mass is 19.1. The van der Waals surface area contributed by atoms with Crippen molar-refractivity contribution in [2.75, 3.05) is 5.32 Å². The predicted octanol–water partition coefficient (Wildman–Crippen LogP) is 4.13. The van der Waals surface area contributed by atoms with Crippen molar-refractivity contribution in [1.29, 1.82) is 0 Å². The second kappa shape index (κ2) is 8.91. The summed E-state index contributed by atoms with van der Waals surface area (Å²) in [6.45, 7) is 3.62. The van der Waals surface area contributed by atoms with Crippen molar-refractivity contribution in [3.8, 4) is 11.5 Å². The third kappa shape index (κ3) is 3.90. The van der Waals surface area contributed by atoms with Gasteiger partial charge in [0, 0.05) is 36.1 Å². The van der Waals surface area contributed by atoms with Crippen LogP contribution in [-0.4, -0.2) is 41.4 Å². The maximum absolute atomic E-state index is 14.4. The van der Waals surface area contributed by atoms with Crippen molar-refractivity contribution < 1.29 is 14.0 Å². The van der Waals surface area contributed by atoms with E-state index in [0.29, 0.717) is 27.9 Å². The quantitative estimate of drug-likeness (QED) is 0.344. The molecule has 4 aromatic heterocycles. The van der Waals surface area contributed by atoms with E-state index in [2.05, 4.69) is 25.3 Å². The van der Waals surface area contributed by atoms with Crippen LogP contribution in [0.25, 0.3) is 22.6 Å². The van der Waals surface area contributed by atoms with Crippen LogP contribution in [-0.2, 0) is 23.2 Å². The van der Waals surface area contributed by atoms with Gasteiger partial charge in [0.2, 0.25) is 5.91 Å². The average Bonchev–Trinajstić information content (AvgIpc) is 3.39. The molecule has 5 aromatic rings. The van der Waals surface area contributed by atoms with Gasteiger partial charge in [-0.05, 0) is 49.7 Å². The summed E-state index contributed by atoms with van der Waals surface area (Å²) < 4.78 is 16.0. The second-order valence-electron chi connectivity index (χ2n) is 9.63. The van der Waals surface area contributed by atoms with Crippen LogP contribution in [0.5, 0.6) is 0 Å². The summed E-state index contributed by atoms with van der Waals surface area (Å²) in [6.07, 6.45) is 4.95. The molecule has 0 aliphatic carbocycles. The van der Waals surface area contributed by atoms with E-state index in [0.717, 1.165) is 5.56 Å². The largest absolute Gasteiger partial charge is 0.310 e. The summed E-state index contributed by atoms with van der Waals surface area (Å²) in [5, 5.41) is 8.14. The van der Waals surface area contributed by atoms with Gasteiger partial charge in [-0.25, -0.2) is 24.0 Å². The number of benzene rings is 1. The number of ketones is 1. The number of anilines is 1. The number of amides is 1. The first-order valence-electron chi connectivity index (χ1n) is 12.0. The predicted molar refractivity (Wildman–Crippen MR) is 138 cm³/mol. The standard InChI is InChI=1S/C28H22FN7O2/c1-28(2)21-23(20(37)14-16-9-12-30-13-10-16)32-25(33-24(21)34-27(28)38)22-18-7-5-11-31-26(18)36(35-22)15-17-6-3-4-8-19(17)29/h3-13H,14-15H2,1-2H3,(H,32,33,34,38). The zero-order valence-corrected chi connectivity index (χ0v) is 20.6. The number of carbonyl (C=O) groups excluding carboxylic acids is 2. The van der Waals surface area contributed by atoms with Crippen LogP contribution < -0.4 is 5.32 Å². The van der Waals surface area contributed by atoms with E-state index in [9.17, 15) is 14.0 Å². The van der Waals surface area contributed by atoms with Crippen LogP contribution in [0.1, 0.15) is 41.0 Å². The minimum absolute atomic E-state index is 0.0830. The molecule has 188 valence electrons. The van der Waals surface area contributed by atoms with Crippen LogP contribution in [0.4, 0.5) is 10.2 Å². The number of nitrogens with zero attached hydrogens (tertiary/aromatic N) is 6. The van der Waals surface area contributed by atoms with E-state index < -0.39 is 5.41 Å². The number of fused-ring (bicyclic) bond motifs is 2. The molecule has 6 rings (SSSR count). The fraction of sp³-hybridized carbons (Fsp3) is 0.179. The average molecular weight is 508 g/mol. The lowest BCUT2D eigenvalue weighted by Crippen LogP contribution is -2.29. The van der Waals surface area contributed by atoms with Crippen molar-refractivity contribution in [2.45, 2.75) is 32.2 Å². The Kier molecular flexibility index (Phi) is 5.52. The Labute approximate surface area is 216 Å². The molecule has 1 aliphatic rings. The van der Waals surface area contributed by atoms with Crippen LogP contribution in [0.2, 0.25) is 0 Å².